The molecule has 0 aliphatic rings. The number of hydrogen-bond acceptors (Lipinski definition) is 4. The zero-order chi connectivity index (χ0) is 12.3. The Morgan fingerprint density at radius 3 is 2.76 bits per heavy atom. The zero-order valence-electron chi connectivity index (χ0n) is 10.6. The summed E-state index contributed by atoms with van der Waals surface area (Å²) >= 11 is 0. The first kappa shape index (κ1) is 12.0. The number of ether oxygens (including phenoxy) is 1. The largest absolute Gasteiger partial charge is 0.383 e. The minimum absolute atomic E-state index is 0.282. The van der Waals surface area contributed by atoms with E-state index in [9.17, 15) is 0 Å². The highest BCUT2D eigenvalue weighted by Gasteiger charge is 2.14. The van der Waals surface area contributed by atoms with Crippen molar-refractivity contribution in [2.45, 2.75) is 32.7 Å². The Balaban J connectivity index is 2.48. The van der Waals surface area contributed by atoms with E-state index in [0.717, 1.165) is 29.7 Å². The average molecular weight is 234 g/mol. The van der Waals surface area contributed by atoms with Gasteiger partial charge >= 0.3 is 0 Å². The number of imidazole rings is 1. The molecule has 0 aliphatic heterocycles. The van der Waals surface area contributed by atoms with Crippen LogP contribution in [0.3, 0.4) is 0 Å². The van der Waals surface area contributed by atoms with Gasteiger partial charge in [-0.2, -0.15) is 0 Å². The molecule has 92 valence electrons. The molecule has 0 saturated heterocycles. The standard InChI is InChI=1S/C12H18N4O/c1-4-9(6-17-3)16-8-15-11-10(5-2)13-7-14-12(11)16/h7-9H,4-6H2,1-3H3. The van der Waals surface area contributed by atoms with Crippen LogP contribution in [-0.4, -0.2) is 33.2 Å². The number of aromatic nitrogens is 4. The van der Waals surface area contributed by atoms with Crippen LogP contribution in [0.2, 0.25) is 0 Å². The highest BCUT2D eigenvalue weighted by molar-refractivity contribution is 5.73. The van der Waals surface area contributed by atoms with Gasteiger partial charge in [-0.3, -0.25) is 0 Å². The summed E-state index contributed by atoms with van der Waals surface area (Å²) in [6.07, 6.45) is 5.31. The number of fused-ring (bicyclic) bond motifs is 1. The molecule has 0 spiro atoms. The van der Waals surface area contributed by atoms with Crippen molar-refractivity contribution in [3.63, 3.8) is 0 Å². The molecule has 0 aliphatic carbocycles. The molecule has 2 heterocycles. The molecule has 2 aromatic rings. The Kier molecular flexibility index (Phi) is 3.68. The predicted molar refractivity (Wildman–Crippen MR) is 65.9 cm³/mol. The molecular weight excluding hydrogens is 216 g/mol. The third-order valence-electron chi connectivity index (χ3n) is 2.99. The quantitative estimate of drug-likeness (QED) is 0.793. The fraction of sp³-hybridized carbons (Fsp3) is 0.583. The number of aryl methyl sites for hydroxylation is 1. The SMILES string of the molecule is CCc1ncnc2c1ncn2C(CC)COC. The molecule has 0 amide bonds. The second-order valence-corrected chi connectivity index (χ2v) is 4.02. The molecule has 0 N–H and O–H groups in total. The summed E-state index contributed by atoms with van der Waals surface area (Å²) in [7, 11) is 1.72. The summed E-state index contributed by atoms with van der Waals surface area (Å²) < 4.78 is 7.32. The highest BCUT2D eigenvalue weighted by Crippen LogP contribution is 2.20. The Labute approximate surface area is 101 Å². The van der Waals surface area contributed by atoms with Crippen molar-refractivity contribution in [3.8, 4) is 0 Å². The van der Waals surface area contributed by atoms with E-state index in [-0.39, 0.29) is 6.04 Å². The first-order valence-corrected chi connectivity index (χ1v) is 5.97. The molecule has 0 radical (unpaired) electrons. The average Bonchev–Trinajstić information content (AvgIpc) is 2.79. The van der Waals surface area contributed by atoms with E-state index in [2.05, 4.69) is 33.4 Å². The van der Waals surface area contributed by atoms with Crippen molar-refractivity contribution in [2.24, 2.45) is 0 Å². The molecule has 0 fully saturated rings. The van der Waals surface area contributed by atoms with Crippen LogP contribution >= 0.6 is 0 Å². The van der Waals surface area contributed by atoms with Gasteiger partial charge in [0.05, 0.1) is 24.7 Å². The van der Waals surface area contributed by atoms with E-state index < -0.39 is 0 Å². The van der Waals surface area contributed by atoms with E-state index >= 15 is 0 Å². The molecule has 0 aromatic carbocycles. The molecular formula is C12H18N4O. The fourth-order valence-corrected chi connectivity index (χ4v) is 2.01. The van der Waals surface area contributed by atoms with Crippen LogP contribution in [0.5, 0.6) is 0 Å². The number of hydrogen-bond donors (Lipinski definition) is 0. The topological polar surface area (TPSA) is 52.8 Å². The van der Waals surface area contributed by atoms with Crippen LogP contribution in [0.4, 0.5) is 0 Å². The van der Waals surface area contributed by atoms with E-state index in [0.29, 0.717) is 6.61 Å². The van der Waals surface area contributed by atoms with Crippen molar-refractivity contribution in [1.82, 2.24) is 19.5 Å². The smallest absolute Gasteiger partial charge is 0.163 e. The van der Waals surface area contributed by atoms with Gasteiger partial charge < -0.3 is 9.30 Å². The number of methoxy groups -OCH3 is 1. The van der Waals surface area contributed by atoms with E-state index in [4.69, 9.17) is 4.74 Å². The lowest BCUT2D eigenvalue weighted by atomic mass is 10.2. The molecule has 2 rings (SSSR count). The van der Waals surface area contributed by atoms with Gasteiger partial charge in [-0.15, -0.1) is 0 Å². The summed E-state index contributed by atoms with van der Waals surface area (Å²) in [5.41, 5.74) is 2.81. The Bertz CT molecular complexity index is 494. The molecule has 1 unspecified atom stereocenters. The predicted octanol–water partition coefficient (Wildman–Crippen LogP) is 1.99. The lowest BCUT2D eigenvalue weighted by molar-refractivity contribution is 0.154. The summed E-state index contributed by atoms with van der Waals surface area (Å²) in [6.45, 7) is 4.89. The van der Waals surface area contributed by atoms with Gasteiger partial charge in [-0.25, -0.2) is 15.0 Å². The number of nitrogens with zero attached hydrogens (tertiary/aromatic N) is 4. The minimum atomic E-state index is 0.282. The summed E-state index contributed by atoms with van der Waals surface area (Å²) in [4.78, 5) is 13.0. The second kappa shape index (κ2) is 5.23. The van der Waals surface area contributed by atoms with Crippen molar-refractivity contribution in [1.29, 1.82) is 0 Å². The summed E-state index contributed by atoms with van der Waals surface area (Å²) in [5.74, 6) is 0. The van der Waals surface area contributed by atoms with Crippen LogP contribution in [0.1, 0.15) is 32.0 Å². The molecule has 5 nitrogen and oxygen atoms in total. The minimum Gasteiger partial charge on any atom is -0.383 e. The van der Waals surface area contributed by atoms with Gasteiger partial charge in [0.15, 0.2) is 5.65 Å². The van der Waals surface area contributed by atoms with Gasteiger partial charge in [0.1, 0.15) is 11.8 Å². The Morgan fingerprint density at radius 2 is 2.12 bits per heavy atom. The van der Waals surface area contributed by atoms with E-state index in [1.807, 2.05) is 6.33 Å². The van der Waals surface area contributed by atoms with E-state index in [1.54, 1.807) is 13.4 Å². The Hall–Kier alpha value is -1.49. The third kappa shape index (κ3) is 2.15. The maximum atomic E-state index is 5.23. The summed E-state index contributed by atoms with van der Waals surface area (Å²) in [6, 6.07) is 0.282. The first-order valence-electron chi connectivity index (χ1n) is 5.97. The van der Waals surface area contributed by atoms with Crippen LogP contribution in [-0.2, 0) is 11.2 Å². The van der Waals surface area contributed by atoms with Gasteiger partial charge in [0.2, 0.25) is 0 Å². The van der Waals surface area contributed by atoms with Gasteiger partial charge in [-0.05, 0) is 12.8 Å². The van der Waals surface area contributed by atoms with Crippen molar-refractivity contribution < 1.29 is 4.74 Å². The zero-order valence-corrected chi connectivity index (χ0v) is 10.6. The molecule has 0 saturated carbocycles. The van der Waals surface area contributed by atoms with Crippen molar-refractivity contribution in [3.05, 3.63) is 18.3 Å². The van der Waals surface area contributed by atoms with E-state index in [1.165, 1.54) is 0 Å². The fourth-order valence-electron chi connectivity index (χ4n) is 2.01. The normalized spacial score (nSPS) is 13.1. The van der Waals surface area contributed by atoms with Crippen molar-refractivity contribution >= 4 is 11.2 Å². The van der Waals surface area contributed by atoms with Crippen LogP contribution in [0, 0.1) is 0 Å². The van der Waals surface area contributed by atoms with Crippen LogP contribution in [0.25, 0.3) is 11.2 Å². The lowest BCUT2D eigenvalue weighted by Crippen LogP contribution is -2.13. The second-order valence-electron chi connectivity index (χ2n) is 4.02. The van der Waals surface area contributed by atoms with Crippen LogP contribution in [0.15, 0.2) is 12.7 Å². The Morgan fingerprint density at radius 1 is 1.29 bits per heavy atom. The maximum Gasteiger partial charge on any atom is 0.163 e. The maximum absolute atomic E-state index is 5.23. The molecule has 5 heteroatoms. The molecule has 17 heavy (non-hydrogen) atoms. The molecule has 0 bridgehead atoms. The highest BCUT2D eigenvalue weighted by atomic mass is 16.5. The van der Waals surface area contributed by atoms with Crippen LogP contribution < -0.4 is 0 Å². The molecule has 2 aromatic heterocycles. The van der Waals surface area contributed by atoms with Gasteiger partial charge in [0, 0.05) is 7.11 Å². The third-order valence-corrected chi connectivity index (χ3v) is 2.99. The molecule has 1 atom stereocenters. The van der Waals surface area contributed by atoms with Gasteiger partial charge in [0.25, 0.3) is 0 Å². The van der Waals surface area contributed by atoms with Gasteiger partial charge in [-0.1, -0.05) is 13.8 Å². The monoisotopic (exact) mass is 234 g/mol. The first-order chi connectivity index (χ1) is 8.31. The summed E-state index contributed by atoms with van der Waals surface area (Å²) in [5, 5.41) is 0. The number of rotatable bonds is 5. The van der Waals surface area contributed by atoms with Crippen molar-refractivity contribution in [2.75, 3.05) is 13.7 Å². The lowest BCUT2D eigenvalue weighted by Gasteiger charge is -2.15.